The van der Waals surface area contributed by atoms with Gasteiger partial charge in [-0.25, -0.2) is 4.98 Å². The second kappa shape index (κ2) is 10.1. The summed E-state index contributed by atoms with van der Waals surface area (Å²) in [6.45, 7) is 2.52. The Bertz CT molecular complexity index is 1030. The van der Waals surface area contributed by atoms with Gasteiger partial charge in [-0.2, -0.15) is 0 Å². The minimum Gasteiger partial charge on any atom is -0.484 e. The molecule has 162 valence electrons. The van der Waals surface area contributed by atoms with Crippen molar-refractivity contribution in [1.29, 1.82) is 0 Å². The van der Waals surface area contributed by atoms with E-state index < -0.39 is 0 Å². The van der Waals surface area contributed by atoms with E-state index in [0.717, 1.165) is 49.2 Å². The van der Waals surface area contributed by atoms with Gasteiger partial charge in [0.2, 0.25) is 5.91 Å². The van der Waals surface area contributed by atoms with Crippen molar-refractivity contribution >= 4 is 22.8 Å². The minimum atomic E-state index is -0.151. The van der Waals surface area contributed by atoms with Crippen molar-refractivity contribution in [3.05, 3.63) is 60.4 Å². The summed E-state index contributed by atoms with van der Waals surface area (Å²) >= 11 is 0. The van der Waals surface area contributed by atoms with Crippen LogP contribution in [-0.4, -0.2) is 52.5 Å². The molecule has 1 fully saturated rings. The zero-order valence-corrected chi connectivity index (χ0v) is 17.6. The number of ether oxygens (including phenoxy) is 1. The van der Waals surface area contributed by atoms with Crippen LogP contribution in [0.3, 0.4) is 0 Å². The van der Waals surface area contributed by atoms with E-state index in [4.69, 9.17) is 9.72 Å². The molecule has 0 bridgehead atoms. The topological polar surface area (TPSA) is 76.5 Å². The van der Waals surface area contributed by atoms with E-state index in [-0.39, 0.29) is 18.4 Å². The first-order chi connectivity index (χ1) is 15.2. The lowest BCUT2D eigenvalue weighted by Crippen LogP contribution is -2.32. The van der Waals surface area contributed by atoms with Crippen LogP contribution in [-0.2, 0) is 22.6 Å². The third-order valence-electron chi connectivity index (χ3n) is 5.50. The number of aryl methyl sites for hydroxylation is 1. The molecule has 2 amide bonds. The Morgan fingerprint density at radius 1 is 1.00 bits per heavy atom. The highest BCUT2D eigenvalue weighted by Gasteiger charge is 2.20. The van der Waals surface area contributed by atoms with E-state index in [0.29, 0.717) is 25.3 Å². The fourth-order valence-electron chi connectivity index (χ4n) is 3.89. The zero-order chi connectivity index (χ0) is 21.5. The number of carbonyl (C=O) groups is 2. The number of hydrogen-bond donors (Lipinski definition) is 1. The first-order valence-electron chi connectivity index (χ1n) is 10.9. The Kier molecular flexibility index (Phi) is 6.82. The molecule has 1 saturated heterocycles. The largest absolute Gasteiger partial charge is 0.484 e. The molecule has 2 aromatic carbocycles. The van der Waals surface area contributed by atoms with Crippen LogP contribution < -0.4 is 10.1 Å². The van der Waals surface area contributed by atoms with E-state index in [1.54, 1.807) is 0 Å². The molecule has 3 aromatic rings. The molecule has 7 heteroatoms. The lowest BCUT2D eigenvalue weighted by molar-refractivity contribution is -0.130. The number of nitrogens with zero attached hydrogens (tertiary/aromatic N) is 3. The molecule has 7 nitrogen and oxygen atoms in total. The van der Waals surface area contributed by atoms with Crippen molar-refractivity contribution in [2.45, 2.75) is 32.2 Å². The number of imidazole rings is 1. The van der Waals surface area contributed by atoms with Crippen LogP contribution in [0, 0.1) is 0 Å². The summed E-state index contributed by atoms with van der Waals surface area (Å²) in [4.78, 5) is 31.4. The van der Waals surface area contributed by atoms with Gasteiger partial charge in [0, 0.05) is 26.1 Å². The second-order valence-corrected chi connectivity index (χ2v) is 7.75. The normalized spacial score (nSPS) is 13.5. The summed E-state index contributed by atoms with van der Waals surface area (Å²) in [5, 5.41) is 2.89. The highest BCUT2D eigenvalue weighted by molar-refractivity contribution is 5.81. The van der Waals surface area contributed by atoms with Gasteiger partial charge in [-0.3, -0.25) is 9.59 Å². The number of hydrogen-bond acceptors (Lipinski definition) is 4. The summed E-state index contributed by atoms with van der Waals surface area (Å²) in [5.41, 5.74) is 1.87. The minimum absolute atomic E-state index is 0.00708. The molecule has 0 unspecified atom stereocenters. The molecule has 1 aliphatic rings. The maximum atomic E-state index is 12.7. The van der Waals surface area contributed by atoms with Crippen molar-refractivity contribution in [2.75, 3.05) is 26.2 Å². The predicted molar refractivity (Wildman–Crippen MR) is 119 cm³/mol. The van der Waals surface area contributed by atoms with Crippen LogP contribution in [0.25, 0.3) is 11.0 Å². The molecule has 1 aromatic heterocycles. The van der Waals surface area contributed by atoms with Crippen LogP contribution in [0.1, 0.15) is 25.1 Å². The van der Waals surface area contributed by atoms with Gasteiger partial charge in [0.15, 0.2) is 6.61 Å². The summed E-state index contributed by atoms with van der Waals surface area (Å²) in [6, 6.07) is 17.2. The van der Waals surface area contributed by atoms with E-state index in [1.807, 2.05) is 64.1 Å². The summed E-state index contributed by atoms with van der Waals surface area (Å²) < 4.78 is 7.49. The Morgan fingerprint density at radius 2 is 1.74 bits per heavy atom. The molecule has 0 spiro atoms. The van der Waals surface area contributed by atoms with Gasteiger partial charge >= 0.3 is 0 Å². The average molecular weight is 421 g/mol. The molecular formula is C24H28N4O3. The van der Waals surface area contributed by atoms with E-state index >= 15 is 0 Å². The highest BCUT2D eigenvalue weighted by atomic mass is 16.5. The number of carbonyl (C=O) groups excluding carboxylic acids is 2. The molecule has 1 aliphatic heterocycles. The van der Waals surface area contributed by atoms with Crippen LogP contribution in [0.15, 0.2) is 54.6 Å². The van der Waals surface area contributed by atoms with Gasteiger partial charge in [-0.1, -0.05) is 30.3 Å². The number of amides is 2. The Balaban J connectivity index is 1.31. The van der Waals surface area contributed by atoms with Crippen molar-refractivity contribution < 1.29 is 14.3 Å². The first-order valence-corrected chi connectivity index (χ1v) is 10.9. The monoisotopic (exact) mass is 420 g/mol. The number of rotatable bonds is 9. The molecule has 0 radical (unpaired) electrons. The average Bonchev–Trinajstić information content (AvgIpc) is 3.45. The van der Waals surface area contributed by atoms with Gasteiger partial charge in [-0.05, 0) is 43.5 Å². The lowest BCUT2D eigenvalue weighted by Gasteiger charge is -2.17. The molecule has 31 heavy (non-hydrogen) atoms. The fourth-order valence-corrected chi connectivity index (χ4v) is 3.89. The summed E-state index contributed by atoms with van der Waals surface area (Å²) in [6.07, 6.45) is 3.58. The van der Waals surface area contributed by atoms with Crippen molar-refractivity contribution in [3.63, 3.8) is 0 Å². The zero-order valence-electron chi connectivity index (χ0n) is 17.6. The van der Waals surface area contributed by atoms with Crippen molar-refractivity contribution in [3.8, 4) is 5.75 Å². The standard InChI is InChI=1S/C24H28N4O3/c29-23(18-31-19-9-2-1-3-10-19)25-14-8-13-22-26-20-11-4-5-12-21(20)28(22)17-24(30)27-15-6-7-16-27/h1-5,9-12H,6-8,13-18H2,(H,25,29). The van der Waals surface area contributed by atoms with Crippen molar-refractivity contribution in [2.24, 2.45) is 0 Å². The van der Waals surface area contributed by atoms with E-state index in [9.17, 15) is 9.59 Å². The van der Waals surface area contributed by atoms with Crippen LogP contribution >= 0.6 is 0 Å². The maximum absolute atomic E-state index is 12.7. The van der Waals surface area contributed by atoms with Crippen LogP contribution in [0.5, 0.6) is 5.75 Å². The molecule has 0 atom stereocenters. The van der Waals surface area contributed by atoms with Crippen LogP contribution in [0.2, 0.25) is 0 Å². The summed E-state index contributed by atoms with van der Waals surface area (Å²) in [7, 11) is 0. The molecule has 4 rings (SSSR count). The van der Waals surface area contributed by atoms with Crippen molar-refractivity contribution in [1.82, 2.24) is 19.8 Å². The number of benzene rings is 2. The number of nitrogens with one attached hydrogen (secondary N) is 1. The fraction of sp³-hybridized carbons (Fsp3) is 0.375. The SMILES string of the molecule is O=C(COc1ccccc1)NCCCc1nc2ccccc2n1CC(=O)N1CCCC1. The van der Waals surface area contributed by atoms with Gasteiger partial charge in [0.05, 0.1) is 11.0 Å². The van der Waals surface area contributed by atoms with Gasteiger partial charge < -0.3 is 19.5 Å². The summed E-state index contributed by atoms with van der Waals surface area (Å²) in [5.74, 6) is 1.55. The molecule has 0 saturated carbocycles. The smallest absolute Gasteiger partial charge is 0.257 e. The third kappa shape index (κ3) is 5.42. The quantitative estimate of drug-likeness (QED) is 0.540. The first kappa shape index (κ1) is 20.9. The Morgan fingerprint density at radius 3 is 2.55 bits per heavy atom. The third-order valence-corrected chi connectivity index (χ3v) is 5.50. The molecule has 0 aliphatic carbocycles. The number of fused-ring (bicyclic) bond motifs is 1. The maximum Gasteiger partial charge on any atom is 0.257 e. The Labute approximate surface area is 182 Å². The number of para-hydroxylation sites is 3. The van der Waals surface area contributed by atoms with Gasteiger partial charge in [0.25, 0.3) is 5.91 Å². The second-order valence-electron chi connectivity index (χ2n) is 7.75. The van der Waals surface area contributed by atoms with E-state index in [1.165, 1.54) is 0 Å². The molecule has 1 N–H and O–H groups in total. The Hall–Kier alpha value is -3.35. The predicted octanol–water partition coefficient (Wildman–Crippen LogP) is 2.79. The van der Waals surface area contributed by atoms with Crippen LogP contribution in [0.4, 0.5) is 0 Å². The molecule has 2 heterocycles. The van der Waals surface area contributed by atoms with Gasteiger partial charge in [0.1, 0.15) is 18.1 Å². The highest BCUT2D eigenvalue weighted by Crippen LogP contribution is 2.18. The lowest BCUT2D eigenvalue weighted by atomic mass is 10.3. The molecular weight excluding hydrogens is 392 g/mol. The van der Waals surface area contributed by atoms with Gasteiger partial charge in [-0.15, -0.1) is 0 Å². The number of aromatic nitrogens is 2. The number of likely N-dealkylation sites (tertiary alicyclic amines) is 1. The van der Waals surface area contributed by atoms with E-state index in [2.05, 4.69) is 5.32 Å².